The van der Waals surface area contributed by atoms with Gasteiger partial charge in [0.15, 0.2) is 0 Å². The Morgan fingerprint density at radius 3 is 2.52 bits per heavy atom. The molecule has 1 aliphatic rings. The van der Waals surface area contributed by atoms with Crippen molar-refractivity contribution in [1.82, 2.24) is 14.5 Å². The number of nitrogens with zero attached hydrogens (tertiary/aromatic N) is 3. The van der Waals surface area contributed by atoms with Crippen LogP contribution < -0.4 is 4.74 Å². The Bertz CT molecular complexity index is 940. The lowest BCUT2D eigenvalue weighted by Gasteiger charge is -2.23. The quantitative estimate of drug-likeness (QED) is 0.679. The maximum atomic E-state index is 5.23. The molecule has 2 heterocycles. The largest absolute Gasteiger partial charge is 0.497 e. The molecule has 0 fully saturated rings. The lowest BCUT2D eigenvalue weighted by molar-refractivity contribution is 0.370. The lowest BCUT2D eigenvalue weighted by Crippen LogP contribution is -2.23. The van der Waals surface area contributed by atoms with Crippen molar-refractivity contribution in [3.05, 3.63) is 78.3 Å². The molecule has 0 aliphatic carbocycles. The van der Waals surface area contributed by atoms with Crippen molar-refractivity contribution in [2.75, 3.05) is 27.2 Å². The Morgan fingerprint density at radius 2 is 1.81 bits per heavy atom. The van der Waals surface area contributed by atoms with Crippen molar-refractivity contribution >= 4 is 5.57 Å². The lowest BCUT2D eigenvalue weighted by atomic mass is 9.94. The summed E-state index contributed by atoms with van der Waals surface area (Å²) in [5.74, 6) is 0.880. The fourth-order valence-electron chi connectivity index (χ4n) is 3.53. The Morgan fingerprint density at radius 1 is 1.04 bits per heavy atom. The monoisotopic (exact) mass is 359 g/mol. The van der Waals surface area contributed by atoms with Gasteiger partial charge < -0.3 is 14.2 Å². The summed E-state index contributed by atoms with van der Waals surface area (Å²) < 4.78 is 7.37. The third-order valence-corrected chi connectivity index (χ3v) is 5.12. The second-order valence-electron chi connectivity index (χ2n) is 7.07. The zero-order valence-electron chi connectivity index (χ0n) is 15.9. The number of likely N-dealkylation sites (N-methyl/N-ethyl adjacent to an activating group) is 1. The molecule has 4 heteroatoms. The highest BCUT2D eigenvalue weighted by Gasteiger charge is 2.15. The van der Waals surface area contributed by atoms with Crippen LogP contribution in [-0.2, 0) is 6.54 Å². The first-order valence-corrected chi connectivity index (χ1v) is 9.35. The van der Waals surface area contributed by atoms with E-state index in [1.165, 1.54) is 22.3 Å². The Hall–Kier alpha value is -2.85. The van der Waals surface area contributed by atoms with Crippen LogP contribution in [0.5, 0.6) is 5.75 Å². The zero-order valence-corrected chi connectivity index (χ0v) is 15.9. The van der Waals surface area contributed by atoms with Crippen LogP contribution in [0.1, 0.15) is 17.5 Å². The summed E-state index contributed by atoms with van der Waals surface area (Å²) in [6.07, 6.45) is 7.48. The van der Waals surface area contributed by atoms with Gasteiger partial charge in [-0.1, -0.05) is 42.5 Å². The molecule has 0 bridgehead atoms. The third-order valence-electron chi connectivity index (χ3n) is 5.12. The number of rotatable bonds is 5. The van der Waals surface area contributed by atoms with Crippen LogP contribution in [0.4, 0.5) is 0 Å². The molecule has 1 aromatic heterocycles. The highest BCUT2D eigenvalue weighted by molar-refractivity contribution is 5.80. The second kappa shape index (κ2) is 7.80. The Labute approximate surface area is 160 Å². The van der Waals surface area contributed by atoms with Gasteiger partial charge in [0.05, 0.1) is 19.1 Å². The molecule has 3 aromatic rings. The summed E-state index contributed by atoms with van der Waals surface area (Å²) in [5.41, 5.74) is 6.19. The molecule has 0 saturated carbocycles. The standard InChI is InChI=1S/C23H25N3O/c1-25-13-11-19(12-14-25)21-5-3-4-6-22(21)23-16-26(17-24-23)15-18-7-9-20(27-2)10-8-18/h3-11,16-17H,12-15H2,1-2H3. The SMILES string of the molecule is COc1ccc(Cn2cnc(-c3ccccc3C3=CCN(C)CC3)c2)cc1. The van der Waals surface area contributed by atoms with E-state index < -0.39 is 0 Å². The minimum absolute atomic E-state index is 0.798. The van der Waals surface area contributed by atoms with Gasteiger partial charge in [0.2, 0.25) is 0 Å². The maximum absolute atomic E-state index is 5.23. The number of hydrogen-bond acceptors (Lipinski definition) is 3. The highest BCUT2D eigenvalue weighted by Crippen LogP contribution is 2.31. The number of hydrogen-bond donors (Lipinski definition) is 0. The average Bonchev–Trinajstić information content (AvgIpc) is 3.17. The van der Waals surface area contributed by atoms with Crippen LogP contribution in [0.3, 0.4) is 0 Å². The van der Waals surface area contributed by atoms with Gasteiger partial charge in [0, 0.05) is 31.4 Å². The fourth-order valence-corrected chi connectivity index (χ4v) is 3.53. The minimum atomic E-state index is 0.798. The van der Waals surface area contributed by atoms with E-state index in [1.807, 2.05) is 18.5 Å². The van der Waals surface area contributed by atoms with E-state index in [4.69, 9.17) is 4.74 Å². The topological polar surface area (TPSA) is 30.3 Å². The van der Waals surface area contributed by atoms with Gasteiger partial charge in [-0.3, -0.25) is 0 Å². The van der Waals surface area contributed by atoms with Crippen LogP contribution in [0.2, 0.25) is 0 Å². The summed E-state index contributed by atoms with van der Waals surface area (Å²) in [4.78, 5) is 7.03. The van der Waals surface area contributed by atoms with Gasteiger partial charge in [0.25, 0.3) is 0 Å². The van der Waals surface area contributed by atoms with Crippen LogP contribution in [0.25, 0.3) is 16.8 Å². The van der Waals surface area contributed by atoms with Gasteiger partial charge in [-0.15, -0.1) is 0 Å². The Balaban J connectivity index is 1.58. The molecule has 0 atom stereocenters. The van der Waals surface area contributed by atoms with E-state index in [0.29, 0.717) is 0 Å². The molecule has 2 aromatic carbocycles. The molecule has 0 unspecified atom stereocenters. The van der Waals surface area contributed by atoms with E-state index in [2.05, 4.69) is 70.2 Å². The van der Waals surface area contributed by atoms with Crippen molar-refractivity contribution in [1.29, 1.82) is 0 Å². The number of methoxy groups -OCH3 is 1. The molecule has 0 spiro atoms. The van der Waals surface area contributed by atoms with Crippen molar-refractivity contribution in [3.63, 3.8) is 0 Å². The first kappa shape index (κ1) is 17.6. The predicted octanol–water partition coefficient (Wildman–Crippen LogP) is 4.33. The predicted molar refractivity (Wildman–Crippen MR) is 110 cm³/mol. The molecule has 0 N–H and O–H groups in total. The van der Waals surface area contributed by atoms with Gasteiger partial charge in [0.1, 0.15) is 5.75 Å². The van der Waals surface area contributed by atoms with E-state index >= 15 is 0 Å². The molecule has 0 amide bonds. The smallest absolute Gasteiger partial charge is 0.118 e. The van der Waals surface area contributed by atoms with Crippen LogP contribution in [0.15, 0.2) is 67.1 Å². The van der Waals surface area contributed by atoms with Crippen molar-refractivity contribution in [2.24, 2.45) is 0 Å². The zero-order chi connectivity index (χ0) is 18.6. The molecule has 0 radical (unpaired) electrons. The van der Waals surface area contributed by atoms with E-state index in [1.54, 1.807) is 7.11 Å². The van der Waals surface area contributed by atoms with Crippen molar-refractivity contribution in [2.45, 2.75) is 13.0 Å². The third kappa shape index (κ3) is 3.96. The summed E-state index contributed by atoms with van der Waals surface area (Å²) in [7, 11) is 3.86. The molecular formula is C23H25N3O. The van der Waals surface area contributed by atoms with Crippen LogP contribution >= 0.6 is 0 Å². The maximum Gasteiger partial charge on any atom is 0.118 e. The van der Waals surface area contributed by atoms with Gasteiger partial charge >= 0.3 is 0 Å². The van der Waals surface area contributed by atoms with E-state index in [9.17, 15) is 0 Å². The van der Waals surface area contributed by atoms with Crippen molar-refractivity contribution in [3.8, 4) is 17.0 Å². The highest BCUT2D eigenvalue weighted by atomic mass is 16.5. The first-order chi connectivity index (χ1) is 13.2. The van der Waals surface area contributed by atoms with Crippen LogP contribution in [0, 0.1) is 0 Å². The number of ether oxygens (including phenoxy) is 1. The van der Waals surface area contributed by atoms with E-state index in [0.717, 1.165) is 37.5 Å². The van der Waals surface area contributed by atoms with Gasteiger partial charge in [-0.05, 0) is 42.3 Å². The molecule has 1 aliphatic heterocycles. The number of imidazole rings is 1. The molecule has 4 nitrogen and oxygen atoms in total. The number of aromatic nitrogens is 2. The molecule has 138 valence electrons. The fraction of sp³-hybridized carbons (Fsp3) is 0.261. The summed E-state index contributed by atoms with van der Waals surface area (Å²) >= 11 is 0. The summed E-state index contributed by atoms with van der Waals surface area (Å²) in [6, 6.07) is 16.8. The van der Waals surface area contributed by atoms with Crippen molar-refractivity contribution < 1.29 is 4.74 Å². The first-order valence-electron chi connectivity index (χ1n) is 9.35. The van der Waals surface area contributed by atoms with Gasteiger partial charge in [-0.25, -0.2) is 4.98 Å². The summed E-state index contributed by atoms with van der Waals surface area (Å²) in [6.45, 7) is 2.91. The van der Waals surface area contributed by atoms with Crippen LogP contribution in [-0.4, -0.2) is 41.7 Å². The molecule has 27 heavy (non-hydrogen) atoms. The molecular weight excluding hydrogens is 334 g/mol. The minimum Gasteiger partial charge on any atom is -0.497 e. The second-order valence-corrected chi connectivity index (χ2v) is 7.07. The normalized spacial score (nSPS) is 14.8. The van der Waals surface area contributed by atoms with E-state index in [-0.39, 0.29) is 0 Å². The Kier molecular flexibility index (Phi) is 5.07. The molecule has 0 saturated heterocycles. The molecule has 4 rings (SSSR count). The average molecular weight is 359 g/mol. The number of benzene rings is 2. The summed E-state index contributed by atoms with van der Waals surface area (Å²) in [5, 5.41) is 0. The van der Waals surface area contributed by atoms with Gasteiger partial charge in [-0.2, -0.15) is 0 Å².